The van der Waals surface area contributed by atoms with Crippen molar-refractivity contribution in [2.75, 3.05) is 40.3 Å². The predicted molar refractivity (Wildman–Crippen MR) is 82.4 cm³/mol. The molecule has 1 aromatic rings. The van der Waals surface area contributed by atoms with Crippen molar-refractivity contribution in [3.05, 3.63) is 29.3 Å². The third-order valence-electron chi connectivity index (χ3n) is 3.66. The molecule has 2 rings (SSSR count). The van der Waals surface area contributed by atoms with Crippen LogP contribution in [0.15, 0.2) is 18.2 Å². The molecule has 6 heteroatoms. The average molecular weight is 290 g/mol. The van der Waals surface area contributed by atoms with Gasteiger partial charge in [-0.3, -0.25) is 10.8 Å². The highest BCUT2D eigenvalue weighted by atomic mass is 16.5. The molecular weight excluding hydrogens is 268 g/mol. The molecule has 0 amide bonds. The second-order valence-corrected chi connectivity index (χ2v) is 5.21. The maximum absolute atomic E-state index is 8.00. The second-order valence-electron chi connectivity index (χ2n) is 5.21. The van der Waals surface area contributed by atoms with E-state index in [4.69, 9.17) is 20.3 Å². The van der Waals surface area contributed by atoms with E-state index in [9.17, 15) is 0 Å². The number of rotatable bonds is 2. The molecule has 21 heavy (non-hydrogen) atoms. The first-order valence-corrected chi connectivity index (χ1v) is 6.94. The van der Waals surface area contributed by atoms with E-state index in [1.54, 1.807) is 19.2 Å². The van der Waals surface area contributed by atoms with E-state index in [0.717, 1.165) is 31.7 Å². The molecule has 0 spiro atoms. The van der Waals surface area contributed by atoms with Crippen molar-refractivity contribution in [1.29, 1.82) is 10.8 Å². The van der Waals surface area contributed by atoms with Gasteiger partial charge in [0.05, 0.1) is 7.11 Å². The average Bonchev–Trinajstić information content (AvgIpc) is 2.48. The fourth-order valence-corrected chi connectivity index (χ4v) is 2.19. The molecule has 1 saturated heterocycles. The number of benzene rings is 1. The lowest BCUT2D eigenvalue weighted by molar-refractivity contribution is 0.194. The quantitative estimate of drug-likeness (QED) is 0.640. The minimum atomic E-state index is -0.0303. The van der Waals surface area contributed by atoms with Crippen molar-refractivity contribution in [2.24, 2.45) is 0 Å². The maximum Gasteiger partial charge on any atom is 0.291 e. The molecule has 0 unspecified atom stereocenters. The topological polar surface area (TPSA) is 72.6 Å². The summed E-state index contributed by atoms with van der Waals surface area (Å²) in [4.78, 5) is 4.06. The van der Waals surface area contributed by atoms with E-state index in [1.165, 1.54) is 0 Å². The van der Waals surface area contributed by atoms with Gasteiger partial charge in [-0.05, 0) is 31.7 Å². The van der Waals surface area contributed by atoms with E-state index < -0.39 is 0 Å². The van der Waals surface area contributed by atoms with Gasteiger partial charge in [0.1, 0.15) is 5.75 Å². The Bertz CT molecular complexity index is 536. The minimum Gasteiger partial charge on any atom is -0.496 e. The number of piperazine rings is 1. The Hall–Kier alpha value is -2.08. The van der Waals surface area contributed by atoms with E-state index >= 15 is 0 Å². The number of ether oxygens (including phenoxy) is 2. The molecule has 0 aliphatic carbocycles. The Morgan fingerprint density at radius 2 is 1.81 bits per heavy atom. The SMILES string of the molecule is COc1cc(C(=N)OC(=N)N2CCN(C)CC2)ccc1C. The molecule has 1 heterocycles. The van der Waals surface area contributed by atoms with Crippen LogP contribution in [0.1, 0.15) is 11.1 Å². The molecule has 0 radical (unpaired) electrons. The summed E-state index contributed by atoms with van der Waals surface area (Å²) < 4.78 is 10.6. The summed E-state index contributed by atoms with van der Waals surface area (Å²) in [5, 5.41) is 16.0. The van der Waals surface area contributed by atoms with Gasteiger partial charge in [-0.1, -0.05) is 6.07 Å². The molecule has 2 N–H and O–H groups in total. The van der Waals surface area contributed by atoms with Crippen LogP contribution in [0.2, 0.25) is 0 Å². The highest BCUT2D eigenvalue weighted by Crippen LogP contribution is 2.19. The number of nitrogens with one attached hydrogen (secondary N) is 2. The first kappa shape index (κ1) is 15.3. The molecule has 1 aliphatic rings. The Balaban J connectivity index is 1.99. The van der Waals surface area contributed by atoms with Gasteiger partial charge in [-0.2, -0.15) is 0 Å². The second kappa shape index (κ2) is 6.58. The third kappa shape index (κ3) is 3.72. The monoisotopic (exact) mass is 290 g/mol. The van der Waals surface area contributed by atoms with Gasteiger partial charge in [-0.15, -0.1) is 0 Å². The van der Waals surface area contributed by atoms with E-state index in [1.807, 2.05) is 17.9 Å². The summed E-state index contributed by atoms with van der Waals surface area (Å²) in [6.07, 6.45) is 0. The Morgan fingerprint density at radius 3 is 2.43 bits per heavy atom. The summed E-state index contributed by atoms with van der Waals surface area (Å²) in [6.45, 7) is 5.24. The van der Waals surface area contributed by atoms with Crippen LogP contribution >= 0.6 is 0 Å². The Morgan fingerprint density at radius 1 is 1.14 bits per heavy atom. The standard InChI is InChI=1S/C15H22N4O2/c1-11-4-5-12(10-13(11)20-3)14(16)21-15(17)19-8-6-18(2)7-9-19/h4-5,10,16-17H,6-9H2,1-3H3. The van der Waals surface area contributed by atoms with Crippen molar-refractivity contribution < 1.29 is 9.47 Å². The molecule has 1 aliphatic heterocycles. The highest BCUT2D eigenvalue weighted by molar-refractivity contribution is 5.99. The Labute approximate surface area is 125 Å². The van der Waals surface area contributed by atoms with Crippen LogP contribution in [0.5, 0.6) is 5.75 Å². The number of methoxy groups -OCH3 is 1. The molecule has 0 aromatic heterocycles. The summed E-state index contributed by atoms with van der Waals surface area (Å²) in [6, 6.07) is 5.48. The molecular formula is C15H22N4O2. The van der Waals surface area contributed by atoms with Crippen LogP contribution in [-0.4, -0.2) is 62.1 Å². The van der Waals surface area contributed by atoms with Gasteiger partial charge >= 0.3 is 0 Å². The van der Waals surface area contributed by atoms with Crippen LogP contribution < -0.4 is 4.74 Å². The van der Waals surface area contributed by atoms with Crippen molar-refractivity contribution in [1.82, 2.24) is 9.80 Å². The molecule has 114 valence electrons. The lowest BCUT2D eigenvalue weighted by atomic mass is 10.1. The van der Waals surface area contributed by atoms with Crippen molar-refractivity contribution >= 4 is 11.9 Å². The molecule has 0 bridgehead atoms. The van der Waals surface area contributed by atoms with Crippen LogP contribution in [0.4, 0.5) is 0 Å². The third-order valence-corrected chi connectivity index (χ3v) is 3.66. The number of nitrogens with zero attached hydrogens (tertiary/aromatic N) is 2. The van der Waals surface area contributed by atoms with Gasteiger partial charge in [0.25, 0.3) is 6.02 Å². The predicted octanol–water partition coefficient (Wildman–Crippen LogP) is 1.53. The zero-order valence-corrected chi connectivity index (χ0v) is 12.8. The molecule has 1 aromatic carbocycles. The minimum absolute atomic E-state index is 0.0303. The maximum atomic E-state index is 8.00. The number of aryl methyl sites for hydroxylation is 1. The number of likely N-dealkylation sites (N-methyl/N-ethyl adjacent to an activating group) is 1. The fourth-order valence-electron chi connectivity index (χ4n) is 2.19. The fraction of sp³-hybridized carbons (Fsp3) is 0.467. The van der Waals surface area contributed by atoms with Crippen LogP contribution in [0.3, 0.4) is 0 Å². The normalized spacial score (nSPS) is 15.7. The lowest BCUT2D eigenvalue weighted by Crippen LogP contribution is -2.48. The van der Waals surface area contributed by atoms with E-state index in [2.05, 4.69) is 11.9 Å². The first-order chi connectivity index (χ1) is 10.0. The summed E-state index contributed by atoms with van der Waals surface area (Å²) in [7, 11) is 3.66. The highest BCUT2D eigenvalue weighted by Gasteiger charge is 2.19. The van der Waals surface area contributed by atoms with Crippen molar-refractivity contribution in [3.8, 4) is 5.75 Å². The van der Waals surface area contributed by atoms with Gasteiger partial charge in [0.2, 0.25) is 5.90 Å². The number of hydrogen-bond acceptors (Lipinski definition) is 5. The van der Waals surface area contributed by atoms with Crippen molar-refractivity contribution in [3.63, 3.8) is 0 Å². The molecule has 6 nitrogen and oxygen atoms in total. The lowest BCUT2D eigenvalue weighted by Gasteiger charge is -2.33. The van der Waals surface area contributed by atoms with Gasteiger partial charge in [0, 0.05) is 31.7 Å². The zero-order valence-electron chi connectivity index (χ0n) is 12.8. The van der Waals surface area contributed by atoms with E-state index in [0.29, 0.717) is 11.3 Å². The van der Waals surface area contributed by atoms with Gasteiger partial charge < -0.3 is 19.3 Å². The van der Waals surface area contributed by atoms with Crippen LogP contribution in [-0.2, 0) is 4.74 Å². The van der Waals surface area contributed by atoms with E-state index in [-0.39, 0.29) is 11.9 Å². The molecule has 1 fully saturated rings. The van der Waals surface area contributed by atoms with Gasteiger partial charge in [0.15, 0.2) is 0 Å². The van der Waals surface area contributed by atoms with Gasteiger partial charge in [-0.25, -0.2) is 0 Å². The smallest absolute Gasteiger partial charge is 0.291 e. The van der Waals surface area contributed by atoms with Crippen LogP contribution in [0, 0.1) is 17.7 Å². The summed E-state index contributed by atoms with van der Waals surface area (Å²) in [5.41, 5.74) is 1.61. The largest absolute Gasteiger partial charge is 0.496 e. The van der Waals surface area contributed by atoms with Crippen LogP contribution in [0.25, 0.3) is 0 Å². The summed E-state index contributed by atoms with van der Waals surface area (Å²) >= 11 is 0. The first-order valence-electron chi connectivity index (χ1n) is 6.94. The molecule has 0 atom stereocenters. The molecule has 0 saturated carbocycles. The number of amidine groups is 1. The summed E-state index contributed by atoms with van der Waals surface area (Å²) in [5.74, 6) is 0.684. The Kier molecular flexibility index (Phi) is 4.80. The number of hydrogen-bond donors (Lipinski definition) is 2. The zero-order chi connectivity index (χ0) is 15.4. The van der Waals surface area contributed by atoms with Crippen molar-refractivity contribution in [2.45, 2.75) is 6.92 Å².